The lowest BCUT2D eigenvalue weighted by atomic mass is 10.1. The van der Waals surface area contributed by atoms with E-state index >= 15 is 0 Å². The van der Waals surface area contributed by atoms with Gasteiger partial charge in [-0.25, -0.2) is 9.59 Å². The molecule has 0 aromatic heterocycles. The minimum absolute atomic E-state index is 0.112. The zero-order chi connectivity index (χ0) is 21.4. The Morgan fingerprint density at radius 3 is 1.89 bits per heavy atom. The Balaban J connectivity index is 2.35. The van der Waals surface area contributed by atoms with Gasteiger partial charge in [-0.2, -0.15) is 4.90 Å². The van der Waals surface area contributed by atoms with Crippen LogP contribution in [0.3, 0.4) is 0 Å². The molecule has 28 heavy (non-hydrogen) atoms. The summed E-state index contributed by atoms with van der Waals surface area (Å²) in [5.41, 5.74) is -0.796. The van der Waals surface area contributed by atoms with E-state index in [1.807, 2.05) is 0 Å². The lowest BCUT2D eigenvalue weighted by molar-refractivity contribution is -0.138. The van der Waals surface area contributed by atoms with Crippen molar-refractivity contribution in [1.82, 2.24) is 0 Å². The fraction of sp³-hybridized carbons (Fsp3) is 0.550. The van der Waals surface area contributed by atoms with Gasteiger partial charge in [0.2, 0.25) is 0 Å². The Labute approximate surface area is 169 Å². The summed E-state index contributed by atoms with van der Waals surface area (Å²) in [5.74, 6) is -1.41. The Morgan fingerprint density at radius 2 is 1.54 bits per heavy atom. The molecule has 0 bridgehead atoms. The molecule has 0 unspecified atom stereocenters. The second kappa shape index (κ2) is 7.62. The van der Waals surface area contributed by atoms with E-state index in [2.05, 4.69) is 0 Å². The molecular formula is C20H26ClNO6. The van der Waals surface area contributed by atoms with Crippen molar-refractivity contribution in [3.8, 4) is 0 Å². The molecule has 1 aromatic carbocycles. The number of nitrogens with zero attached hydrogens (tertiary/aromatic N) is 1. The van der Waals surface area contributed by atoms with Crippen LogP contribution >= 0.6 is 11.6 Å². The molecule has 1 aliphatic rings. The van der Waals surface area contributed by atoms with Crippen molar-refractivity contribution >= 4 is 35.4 Å². The van der Waals surface area contributed by atoms with Gasteiger partial charge in [-0.3, -0.25) is 4.79 Å². The standard InChI is InChI=1S/C20H26ClNO6/c1-19(2,3)27-17(25)22(18(26)28-20(4,5)6)15-8-7-11(9-14(15)21)12-10-13(12)16(23)24/h7-9,12-13H,10H2,1-6H3,(H,23,24)/t12-,13+/m1/s1. The zero-order valence-corrected chi connectivity index (χ0v) is 17.7. The quantitative estimate of drug-likeness (QED) is 0.734. The summed E-state index contributed by atoms with van der Waals surface area (Å²) in [6, 6.07) is 4.74. The Kier molecular flexibility index (Phi) is 5.99. The van der Waals surface area contributed by atoms with Crippen LogP contribution in [0.4, 0.5) is 15.3 Å². The summed E-state index contributed by atoms with van der Waals surface area (Å²) in [7, 11) is 0. The van der Waals surface area contributed by atoms with E-state index in [-0.39, 0.29) is 16.6 Å². The van der Waals surface area contributed by atoms with Gasteiger partial charge in [-0.05, 0) is 71.6 Å². The summed E-state index contributed by atoms with van der Waals surface area (Å²) in [4.78, 5) is 37.2. The second-order valence-corrected chi connectivity index (χ2v) is 9.20. The van der Waals surface area contributed by atoms with Crippen LogP contribution in [0.25, 0.3) is 0 Å². The number of carboxylic acids is 1. The third kappa shape index (κ3) is 5.61. The van der Waals surface area contributed by atoms with E-state index in [4.69, 9.17) is 26.2 Å². The van der Waals surface area contributed by atoms with Crippen molar-refractivity contribution in [2.45, 2.75) is 65.1 Å². The highest BCUT2D eigenvalue weighted by Crippen LogP contribution is 2.48. The van der Waals surface area contributed by atoms with Crippen molar-refractivity contribution < 1.29 is 29.0 Å². The van der Waals surface area contributed by atoms with Crippen LogP contribution in [0.1, 0.15) is 59.4 Å². The largest absolute Gasteiger partial charge is 0.481 e. The first-order chi connectivity index (χ1) is 12.7. The van der Waals surface area contributed by atoms with Gasteiger partial charge in [0.05, 0.1) is 16.6 Å². The lowest BCUT2D eigenvalue weighted by Gasteiger charge is -2.29. The molecule has 1 aliphatic carbocycles. The molecule has 0 heterocycles. The second-order valence-electron chi connectivity index (χ2n) is 8.79. The number of benzene rings is 1. The maximum atomic E-state index is 12.7. The summed E-state index contributed by atoms with van der Waals surface area (Å²) >= 11 is 6.35. The summed E-state index contributed by atoms with van der Waals surface area (Å²) in [5, 5.41) is 9.23. The van der Waals surface area contributed by atoms with Crippen LogP contribution in [0.2, 0.25) is 5.02 Å². The predicted octanol–water partition coefficient (Wildman–Crippen LogP) is 5.20. The number of carbonyl (C=O) groups is 3. The third-order valence-corrected chi connectivity index (χ3v) is 4.20. The van der Waals surface area contributed by atoms with E-state index in [0.29, 0.717) is 6.42 Å². The minimum atomic E-state index is -0.911. The zero-order valence-electron chi connectivity index (χ0n) is 16.9. The third-order valence-electron chi connectivity index (χ3n) is 3.90. The van der Waals surface area contributed by atoms with Crippen LogP contribution in [-0.2, 0) is 14.3 Å². The number of carbonyl (C=O) groups excluding carboxylic acids is 2. The van der Waals surface area contributed by atoms with Crippen molar-refractivity contribution in [2.75, 3.05) is 4.90 Å². The summed E-state index contributed by atoms with van der Waals surface area (Å²) < 4.78 is 10.7. The van der Waals surface area contributed by atoms with Gasteiger partial charge < -0.3 is 14.6 Å². The summed E-state index contributed by atoms with van der Waals surface area (Å²) in [6.45, 7) is 10.1. The molecule has 2 atom stereocenters. The number of carboxylic acid groups (broad SMARTS) is 1. The first-order valence-corrected chi connectivity index (χ1v) is 9.36. The van der Waals surface area contributed by atoms with Crippen LogP contribution in [0.15, 0.2) is 18.2 Å². The molecule has 2 rings (SSSR count). The molecule has 0 radical (unpaired) electrons. The SMILES string of the molecule is CC(C)(C)OC(=O)N(C(=O)OC(C)(C)C)c1ccc([C@H]2C[C@@H]2C(=O)O)cc1Cl. The fourth-order valence-corrected chi connectivity index (χ4v) is 2.93. The topological polar surface area (TPSA) is 93.1 Å². The maximum Gasteiger partial charge on any atom is 0.424 e. The van der Waals surface area contributed by atoms with Gasteiger partial charge in [0, 0.05) is 0 Å². The maximum absolute atomic E-state index is 12.7. The van der Waals surface area contributed by atoms with Crippen LogP contribution < -0.4 is 4.90 Å². The number of hydrogen-bond donors (Lipinski definition) is 1. The van der Waals surface area contributed by atoms with Crippen LogP contribution in [0.5, 0.6) is 0 Å². The van der Waals surface area contributed by atoms with Gasteiger partial charge in [0.25, 0.3) is 0 Å². The fourth-order valence-electron chi connectivity index (χ4n) is 2.66. The monoisotopic (exact) mass is 411 g/mol. The molecule has 8 heteroatoms. The van der Waals surface area contributed by atoms with E-state index < -0.39 is 35.3 Å². The predicted molar refractivity (Wildman–Crippen MR) is 105 cm³/mol. The van der Waals surface area contributed by atoms with Crippen LogP contribution in [0, 0.1) is 5.92 Å². The van der Waals surface area contributed by atoms with Gasteiger partial charge in [0.1, 0.15) is 11.2 Å². The Bertz CT molecular complexity index is 765. The van der Waals surface area contributed by atoms with Crippen molar-refractivity contribution in [1.29, 1.82) is 0 Å². The molecule has 0 aliphatic heterocycles. The minimum Gasteiger partial charge on any atom is -0.481 e. The number of rotatable bonds is 3. The highest BCUT2D eigenvalue weighted by molar-refractivity contribution is 6.34. The normalized spacial score (nSPS) is 19.0. The van der Waals surface area contributed by atoms with Gasteiger partial charge in [-0.1, -0.05) is 17.7 Å². The average Bonchev–Trinajstić information content (AvgIpc) is 3.26. The molecule has 0 saturated heterocycles. The average molecular weight is 412 g/mol. The number of amides is 2. The Hall–Kier alpha value is -2.28. The lowest BCUT2D eigenvalue weighted by Crippen LogP contribution is -2.44. The number of anilines is 1. The van der Waals surface area contributed by atoms with Gasteiger partial charge >= 0.3 is 18.2 Å². The van der Waals surface area contributed by atoms with E-state index in [1.165, 1.54) is 6.07 Å². The van der Waals surface area contributed by atoms with Gasteiger partial charge in [-0.15, -0.1) is 0 Å². The Morgan fingerprint density at radius 1 is 1.04 bits per heavy atom. The van der Waals surface area contributed by atoms with Crippen LogP contribution in [-0.4, -0.2) is 34.5 Å². The van der Waals surface area contributed by atoms with E-state index in [0.717, 1.165) is 10.5 Å². The molecule has 1 N–H and O–H groups in total. The number of hydrogen-bond acceptors (Lipinski definition) is 5. The van der Waals surface area contributed by atoms with E-state index in [1.54, 1.807) is 53.7 Å². The number of imide groups is 1. The van der Waals surface area contributed by atoms with Crippen molar-refractivity contribution in [3.63, 3.8) is 0 Å². The number of ether oxygens (including phenoxy) is 2. The molecule has 1 aromatic rings. The molecule has 7 nitrogen and oxygen atoms in total. The highest BCUT2D eigenvalue weighted by atomic mass is 35.5. The van der Waals surface area contributed by atoms with Crippen molar-refractivity contribution in [2.24, 2.45) is 5.92 Å². The number of halogens is 1. The number of aliphatic carboxylic acids is 1. The first-order valence-electron chi connectivity index (χ1n) is 8.98. The molecule has 2 amide bonds. The highest BCUT2D eigenvalue weighted by Gasteiger charge is 2.44. The molecule has 1 fully saturated rings. The summed E-state index contributed by atoms with van der Waals surface area (Å²) in [6.07, 6.45) is -1.29. The molecule has 154 valence electrons. The first kappa shape index (κ1) is 22.0. The van der Waals surface area contributed by atoms with Crippen molar-refractivity contribution in [3.05, 3.63) is 28.8 Å². The van der Waals surface area contributed by atoms with E-state index in [9.17, 15) is 14.4 Å². The van der Waals surface area contributed by atoms with Gasteiger partial charge in [0.15, 0.2) is 0 Å². The molecular weight excluding hydrogens is 386 g/mol. The smallest absolute Gasteiger partial charge is 0.424 e. The molecule has 1 saturated carbocycles. The molecule has 0 spiro atoms.